The van der Waals surface area contributed by atoms with Crippen molar-refractivity contribution in [3.05, 3.63) is 29.3 Å². The lowest BCUT2D eigenvalue weighted by atomic mass is 9.95. The zero-order valence-corrected chi connectivity index (χ0v) is 19.5. The Morgan fingerprint density at radius 3 is 2.71 bits per heavy atom. The molecule has 0 saturated carbocycles. The maximum absolute atomic E-state index is 11.3. The number of aliphatic imine (C=N–C) groups is 1. The van der Waals surface area contributed by atoms with E-state index in [-0.39, 0.29) is 5.91 Å². The Labute approximate surface area is 191 Å². The molecule has 0 aromatic heterocycles. The number of halogens is 1. The van der Waals surface area contributed by atoms with Gasteiger partial charge in [0.05, 0.1) is 10.7 Å². The number of para-hydroxylation sites is 1. The molecule has 2 fully saturated rings. The fourth-order valence-corrected chi connectivity index (χ4v) is 4.79. The van der Waals surface area contributed by atoms with Gasteiger partial charge in [-0.25, -0.2) is 0 Å². The molecule has 1 amide bonds. The quantitative estimate of drug-likeness (QED) is 0.363. The average Bonchev–Trinajstić information content (AvgIpc) is 2.76. The number of benzene rings is 1. The van der Waals surface area contributed by atoms with Crippen molar-refractivity contribution in [3.63, 3.8) is 0 Å². The molecule has 1 atom stereocenters. The lowest BCUT2D eigenvalue weighted by Gasteiger charge is -2.36. The number of nitrogens with one attached hydrogen (secondary N) is 1. The minimum atomic E-state index is -0.205. The Hall–Kier alpha value is -1.99. The number of amides is 1. The fraction of sp³-hybridized carbons (Fsp3) is 0.652. The van der Waals surface area contributed by atoms with Gasteiger partial charge in [0.15, 0.2) is 5.96 Å². The standard InChI is InChI=1S/C23H37ClN6O/c1-2-26-23(30-12-5-7-19(18-30)17-22(25)31)27-10-6-11-28-13-15-29(16-14-28)21-9-4-3-8-20(21)24/h3-4,8-9,19H,2,5-7,10-18H2,1H3,(H2,25,31)(H,26,27). The first-order valence-electron chi connectivity index (χ1n) is 11.6. The number of likely N-dealkylation sites (tertiary alicyclic amines) is 1. The summed E-state index contributed by atoms with van der Waals surface area (Å²) in [6.07, 6.45) is 3.66. The van der Waals surface area contributed by atoms with E-state index in [0.717, 1.165) is 94.8 Å². The fourth-order valence-electron chi connectivity index (χ4n) is 4.53. The number of nitrogens with zero attached hydrogens (tertiary/aromatic N) is 4. The van der Waals surface area contributed by atoms with Crippen LogP contribution in [0.15, 0.2) is 29.3 Å². The summed E-state index contributed by atoms with van der Waals surface area (Å²) in [7, 11) is 0. The van der Waals surface area contributed by atoms with Crippen LogP contribution in [0.2, 0.25) is 5.02 Å². The summed E-state index contributed by atoms with van der Waals surface area (Å²) in [4.78, 5) is 23.3. The summed E-state index contributed by atoms with van der Waals surface area (Å²) in [5.41, 5.74) is 6.54. The van der Waals surface area contributed by atoms with Crippen molar-refractivity contribution in [2.24, 2.45) is 16.6 Å². The molecule has 7 nitrogen and oxygen atoms in total. The maximum Gasteiger partial charge on any atom is 0.217 e. The number of carbonyl (C=O) groups excluding carboxylic acids is 1. The van der Waals surface area contributed by atoms with Crippen molar-refractivity contribution in [2.45, 2.75) is 32.6 Å². The van der Waals surface area contributed by atoms with Crippen LogP contribution in [0.3, 0.4) is 0 Å². The van der Waals surface area contributed by atoms with Crippen LogP contribution in [0.1, 0.15) is 32.6 Å². The zero-order chi connectivity index (χ0) is 22.1. The van der Waals surface area contributed by atoms with Crippen molar-refractivity contribution >= 4 is 29.2 Å². The summed E-state index contributed by atoms with van der Waals surface area (Å²) in [6, 6.07) is 8.09. The van der Waals surface area contributed by atoms with Gasteiger partial charge in [0.2, 0.25) is 5.91 Å². The number of piperazine rings is 1. The van der Waals surface area contributed by atoms with E-state index in [1.807, 2.05) is 18.2 Å². The van der Waals surface area contributed by atoms with E-state index in [0.29, 0.717) is 12.3 Å². The van der Waals surface area contributed by atoms with Crippen LogP contribution in [0.4, 0.5) is 5.69 Å². The molecule has 0 spiro atoms. The van der Waals surface area contributed by atoms with Crippen molar-refractivity contribution in [3.8, 4) is 0 Å². The molecule has 0 radical (unpaired) electrons. The number of hydrogen-bond donors (Lipinski definition) is 2. The second-order valence-electron chi connectivity index (χ2n) is 8.49. The van der Waals surface area contributed by atoms with E-state index in [2.05, 4.69) is 33.0 Å². The smallest absolute Gasteiger partial charge is 0.217 e. The third-order valence-electron chi connectivity index (χ3n) is 6.10. The number of hydrogen-bond acceptors (Lipinski definition) is 4. The zero-order valence-electron chi connectivity index (χ0n) is 18.7. The topological polar surface area (TPSA) is 77.2 Å². The molecule has 3 N–H and O–H groups in total. The molecular formula is C23H37ClN6O. The van der Waals surface area contributed by atoms with Crippen LogP contribution in [-0.2, 0) is 4.79 Å². The summed E-state index contributed by atoms with van der Waals surface area (Å²) in [6.45, 7) is 10.8. The monoisotopic (exact) mass is 448 g/mol. The summed E-state index contributed by atoms with van der Waals surface area (Å²) >= 11 is 6.35. The Morgan fingerprint density at radius 2 is 2.00 bits per heavy atom. The number of primary amides is 1. The molecule has 2 aliphatic heterocycles. The predicted molar refractivity (Wildman–Crippen MR) is 129 cm³/mol. The van der Waals surface area contributed by atoms with Gasteiger partial charge in [0, 0.05) is 65.3 Å². The van der Waals surface area contributed by atoms with Gasteiger partial charge in [-0.2, -0.15) is 0 Å². The lowest BCUT2D eigenvalue weighted by molar-refractivity contribution is -0.119. The SMILES string of the molecule is CCNC(=NCCCN1CCN(c2ccccc2Cl)CC1)N1CCCC(CC(N)=O)C1. The molecule has 172 valence electrons. The van der Waals surface area contributed by atoms with Crippen LogP contribution in [0.25, 0.3) is 0 Å². The van der Waals surface area contributed by atoms with Crippen LogP contribution in [-0.4, -0.2) is 80.6 Å². The van der Waals surface area contributed by atoms with Gasteiger partial charge in [-0.1, -0.05) is 23.7 Å². The summed E-state index contributed by atoms with van der Waals surface area (Å²) < 4.78 is 0. The highest BCUT2D eigenvalue weighted by Gasteiger charge is 2.23. The first-order valence-corrected chi connectivity index (χ1v) is 12.0. The van der Waals surface area contributed by atoms with Crippen molar-refractivity contribution in [2.75, 3.05) is 63.8 Å². The van der Waals surface area contributed by atoms with Crippen LogP contribution < -0.4 is 16.0 Å². The summed E-state index contributed by atoms with van der Waals surface area (Å²) in [5, 5.41) is 4.25. The molecular weight excluding hydrogens is 412 g/mol. The number of anilines is 1. The van der Waals surface area contributed by atoms with E-state index in [1.165, 1.54) is 0 Å². The van der Waals surface area contributed by atoms with Crippen molar-refractivity contribution < 1.29 is 4.79 Å². The van der Waals surface area contributed by atoms with Crippen LogP contribution >= 0.6 is 11.6 Å². The molecule has 2 heterocycles. The van der Waals surface area contributed by atoms with Crippen LogP contribution in [0.5, 0.6) is 0 Å². The number of carbonyl (C=O) groups is 1. The Kier molecular flexibility index (Phi) is 9.28. The molecule has 2 saturated heterocycles. The van der Waals surface area contributed by atoms with E-state index in [9.17, 15) is 4.79 Å². The average molecular weight is 449 g/mol. The van der Waals surface area contributed by atoms with Crippen LogP contribution in [0, 0.1) is 5.92 Å². The second-order valence-corrected chi connectivity index (χ2v) is 8.90. The number of rotatable bonds is 8. The normalized spacial score (nSPS) is 20.7. The molecule has 3 rings (SSSR count). The highest BCUT2D eigenvalue weighted by atomic mass is 35.5. The largest absolute Gasteiger partial charge is 0.370 e. The first kappa shape index (κ1) is 23.7. The van der Waals surface area contributed by atoms with E-state index < -0.39 is 0 Å². The maximum atomic E-state index is 11.3. The number of nitrogens with two attached hydrogens (primary N) is 1. The van der Waals surface area contributed by atoms with Gasteiger partial charge in [-0.15, -0.1) is 0 Å². The van der Waals surface area contributed by atoms with E-state index in [4.69, 9.17) is 22.3 Å². The molecule has 0 aliphatic carbocycles. The molecule has 1 aromatic rings. The summed E-state index contributed by atoms with van der Waals surface area (Å²) in [5.74, 6) is 1.10. The Balaban J connectivity index is 1.42. The van der Waals surface area contributed by atoms with E-state index >= 15 is 0 Å². The molecule has 31 heavy (non-hydrogen) atoms. The molecule has 1 unspecified atom stereocenters. The molecule has 2 aliphatic rings. The highest BCUT2D eigenvalue weighted by molar-refractivity contribution is 6.33. The van der Waals surface area contributed by atoms with Gasteiger partial charge in [-0.05, 0) is 44.2 Å². The predicted octanol–water partition coefficient (Wildman–Crippen LogP) is 2.41. The van der Waals surface area contributed by atoms with Gasteiger partial charge in [-0.3, -0.25) is 14.7 Å². The lowest BCUT2D eigenvalue weighted by Crippen LogP contribution is -2.47. The third-order valence-corrected chi connectivity index (χ3v) is 6.42. The Bertz CT molecular complexity index is 735. The van der Waals surface area contributed by atoms with Crippen molar-refractivity contribution in [1.82, 2.24) is 15.1 Å². The minimum Gasteiger partial charge on any atom is -0.370 e. The van der Waals surface area contributed by atoms with Gasteiger partial charge < -0.3 is 20.9 Å². The molecule has 0 bridgehead atoms. The van der Waals surface area contributed by atoms with Gasteiger partial charge >= 0.3 is 0 Å². The van der Waals surface area contributed by atoms with Crippen molar-refractivity contribution in [1.29, 1.82) is 0 Å². The highest BCUT2D eigenvalue weighted by Crippen LogP contribution is 2.26. The van der Waals surface area contributed by atoms with Gasteiger partial charge in [0.1, 0.15) is 0 Å². The molecule has 1 aromatic carbocycles. The first-order chi connectivity index (χ1) is 15.1. The third kappa shape index (κ3) is 7.28. The number of piperidine rings is 1. The van der Waals surface area contributed by atoms with E-state index in [1.54, 1.807) is 0 Å². The van der Waals surface area contributed by atoms with Gasteiger partial charge in [0.25, 0.3) is 0 Å². The minimum absolute atomic E-state index is 0.205. The Morgan fingerprint density at radius 1 is 1.23 bits per heavy atom. The molecule has 8 heteroatoms. The second kappa shape index (κ2) is 12.2. The number of guanidine groups is 1.